The second kappa shape index (κ2) is 7.39. The molecule has 18 heavy (non-hydrogen) atoms. The highest BCUT2D eigenvalue weighted by molar-refractivity contribution is 5.86. The molecule has 1 heterocycles. The molecule has 0 spiro atoms. The Bertz CT molecular complexity index is 291. The third-order valence-electron chi connectivity index (χ3n) is 3.76. The number of carbonyl (C=O) groups is 2. The van der Waals surface area contributed by atoms with Crippen LogP contribution >= 0.6 is 0 Å². The first kappa shape index (κ1) is 15.0. The normalized spacial score (nSPS) is 20.8. The maximum absolute atomic E-state index is 12.4. The van der Waals surface area contributed by atoms with Gasteiger partial charge in [0, 0.05) is 12.5 Å². The van der Waals surface area contributed by atoms with Crippen molar-refractivity contribution in [2.45, 2.75) is 58.4 Å². The second-order valence-corrected chi connectivity index (χ2v) is 4.96. The van der Waals surface area contributed by atoms with Crippen molar-refractivity contribution in [3.8, 4) is 0 Å². The lowest BCUT2D eigenvalue weighted by Crippen LogP contribution is -2.44. The molecule has 4 heteroatoms. The smallest absolute Gasteiger partial charge is 0.328 e. The van der Waals surface area contributed by atoms with Crippen molar-refractivity contribution < 1.29 is 14.3 Å². The molecule has 0 saturated carbocycles. The number of carbonyl (C=O) groups excluding carboxylic acids is 2. The lowest BCUT2D eigenvalue weighted by atomic mass is 9.97. The number of ether oxygens (including phenoxy) is 1. The molecule has 1 aliphatic rings. The van der Waals surface area contributed by atoms with Gasteiger partial charge in [-0.2, -0.15) is 0 Å². The zero-order valence-corrected chi connectivity index (χ0v) is 11.8. The van der Waals surface area contributed by atoms with Gasteiger partial charge in [-0.25, -0.2) is 4.79 Å². The van der Waals surface area contributed by atoms with Crippen LogP contribution in [-0.4, -0.2) is 36.5 Å². The van der Waals surface area contributed by atoms with Gasteiger partial charge in [-0.15, -0.1) is 0 Å². The maximum Gasteiger partial charge on any atom is 0.328 e. The zero-order valence-electron chi connectivity index (χ0n) is 11.8. The summed E-state index contributed by atoms with van der Waals surface area (Å²) in [5.74, 6) is -0.0692. The first-order valence-corrected chi connectivity index (χ1v) is 7.03. The molecule has 4 nitrogen and oxygen atoms in total. The van der Waals surface area contributed by atoms with Gasteiger partial charge in [0.15, 0.2) is 0 Å². The summed E-state index contributed by atoms with van der Waals surface area (Å²) in [7, 11) is 1.39. The Kier molecular flexibility index (Phi) is 6.16. The largest absolute Gasteiger partial charge is 0.467 e. The van der Waals surface area contributed by atoms with Gasteiger partial charge in [0.2, 0.25) is 5.91 Å². The summed E-state index contributed by atoms with van der Waals surface area (Å²) in [6, 6.07) is -0.349. The van der Waals surface area contributed by atoms with Crippen LogP contribution in [0.4, 0.5) is 0 Å². The highest BCUT2D eigenvalue weighted by Gasteiger charge is 2.36. The third-order valence-corrected chi connectivity index (χ3v) is 3.76. The second-order valence-electron chi connectivity index (χ2n) is 4.96. The van der Waals surface area contributed by atoms with Crippen LogP contribution in [0.15, 0.2) is 0 Å². The van der Waals surface area contributed by atoms with E-state index in [1.165, 1.54) is 7.11 Å². The average Bonchev–Trinajstić information content (AvgIpc) is 2.87. The number of amides is 1. The molecule has 1 amide bonds. The summed E-state index contributed by atoms with van der Waals surface area (Å²) >= 11 is 0. The first-order chi connectivity index (χ1) is 8.65. The molecule has 1 fully saturated rings. The van der Waals surface area contributed by atoms with Crippen molar-refractivity contribution >= 4 is 11.9 Å². The number of hydrogen-bond donors (Lipinski definition) is 0. The monoisotopic (exact) mass is 255 g/mol. The molecule has 104 valence electrons. The highest BCUT2D eigenvalue weighted by Crippen LogP contribution is 2.24. The number of methoxy groups -OCH3 is 1. The molecule has 1 saturated heterocycles. The molecule has 0 radical (unpaired) electrons. The van der Waals surface area contributed by atoms with Crippen LogP contribution < -0.4 is 0 Å². The first-order valence-electron chi connectivity index (χ1n) is 7.03. The lowest BCUT2D eigenvalue weighted by molar-refractivity contribution is -0.152. The minimum atomic E-state index is -0.349. The third kappa shape index (κ3) is 3.47. The van der Waals surface area contributed by atoms with E-state index in [2.05, 4.69) is 6.92 Å². The average molecular weight is 255 g/mol. The summed E-state index contributed by atoms with van der Waals surface area (Å²) < 4.78 is 4.78. The Morgan fingerprint density at radius 2 is 2.11 bits per heavy atom. The van der Waals surface area contributed by atoms with E-state index in [-0.39, 0.29) is 23.8 Å². The molecule has 1 aliphatic heterocycles. The van der Waals surface area contributed by atoms with Crippen molar-refractivity contribution in [3.63, 3.8) is 0 Å². The van der Waals surface area contributed by atoms with Crippen LogP contribution in [0.5, 0.6) is 0 Å². The van der Waals surface area contributed by atoms with Gasteiger partial charge in [-0.3, -0.25) is 4.79 Å². The molecule has 0 N–H and O–H groups in total. The fraction of sp³-hybridized carbons (Fsp3) is 0.857. The van der Waals surface area contributed by atoms with E-state index < -0.39 is 0 Å². The van der Waals surface area contributed by atoms with Crippen molar-refractivity contribution in [3.05, 3.63) is 0 Å². The SMILES string of the molecule is CCCCC(CC)C(=O)N1CCCC1C(=O)OC. The number of rotatable bonds is 6. The highest BCUT2D eigenvalue weighted by atomic mass is 16.5. The van der Waals surface area contributed by atoms with E-state index in [4.69, 9.17) is 4.74 Å². The van der Waals surface area contributed by atoms with Gasteiger partial charge in [-0.05, 0) is 25.7 Å². The summed E-state index contributed by atoms with van der Waals surface area (Å²) in [4.78, 5) is 25.8. The van der Waals surface area contributed by atoms with Gasteiger partial charge < -0.3 is 9.64 Å². The van der Waals surface area contributed by atoms with Gasteiger partial charge >= 0.3 is 5.97 Å². The number of nitrogens with zero attached hydrogens (tertiary/aromatic N) is 1. The summed E-state index contributed by atoms with van der Waals surface area (Å²) in [6.07, 6.45) is 5.59. The van der Waals surface area contributed by atoms with Crippen molar-refractivity contribution in [2.75, 3.05) is 13.7 Å². The number of unbranched alkanes of at least 4 members (excludes halogenated alkanes) is 1. The van der Waals surface area contributed by atoms with Crippen LogP contribution in [0.2, 0.25) is 0 Å². The van der Waals surface area contributed by atoms with Gasteiger partial charge in [0.05, 0.1) is 7.11 Å². The quantitative estimate of drug-likeness (QED) is 0.684. The predicted octanol–water partition coefficient (Wildman–Crippen LogP) is 2.37. The van der Waals surface area contributed by atoms with Crippen LogP contribution in [0, 0.1) is 5.92 Å². The molecule has 0 aromatic carbocycles. The molecule has 0 aromatic rings. The molecule has 0 aromatic heterocycles. The van der Waals surface area contributed by atoms with E-state index >= 15 is 0 Å². The summed E-state index contributed by atoms with van der Waals surface area (Å²) in [6.45, 7) is 4.87. The van der Waals surface area contributed by atoms with Crippen LogP contribution in [0.1, 0.15) is 52.4 Å². The topological polar surface area (TPSA) is 46.6 Å². The van der Waals surface area contributed by atoms with Gasteiger partial charge in [0.1, 0.15) is 6.04 Å². The number of likely N-dealkylation sites (tertiary alicyclic amines) is 1. The van der Waals surface area contributed by atoms with E-state index in [1.807, 2.05) is 6.92 Å². The Balaban J connectivity index is 2.65. The zero-order chi connectivity index (χ0) is 13.5. The van der Waals surface area contributed by atoms with E-state index in [0.29, 0.717) is 6.54 Å². The Labute approximate surface area is 110 Å². The minimum Gasteiger partial charge on any atom is -0.467 e. The van der Waals surface area contributed by atoms with E-state index in [9.17, 15) is 9.59 Å². The molecule has 2 unspecified atom stereocenters. The summed E-state index contributed by atoms with van der Waals surface area (Å²) in [5, 5.41) is 0. The standard InChI is InChI=1S/C14H25NO3/c1-4-6-8-11(5-2)13(16)15-10-7-9-12(15)14(17)18-3/h11-12H,4-10H2,1-3H3. The molecule has 0 aliphatic carbocycles. The fourth-order valence-electron chi connectivity index (χ4n) is 2.60. The number of hydrogen-bond acceptors (Lipinski definition) is 3. The van der Waals surface area contributed by atoms with Crippen LogP contribution in [0.3, 0.4) is 0 Å². The fourth-order valence-corrected chi connectivity index (χ4v) is 2.60. The van der Waals surface area contributed by atoms with E-state index in [0.717, 1.165) is 38.5 Å². The van der Waals surface area contributed by atoms with Gasteiger partial charge in [-0.1, -0.05) is 26.7 Å². The maximum atomic E-state index is 12.4. The minimum absolute atomic E-state index is 0.0650. The van der Waals surface area contributed by atoms with E-state index in [1.54, 1.807) is 4.90 Å². The Morgan fingerprint density at radius 1 is 1.39 bits per heavy atom. The molecular formula is C14H25NO3. The predicted molar refractivity (Wildman–Crippen MR) is 70.1 cm³/mol. The van der Waals surface area contributed by atoms with Crippen molar-refractivity contribution in [1.29, 1.82) is 0 Å². The Morgan fingerprint density at radius 3 is 2.67 bits per heavy atom. The molecular weight excluding hydrogens is 230 g/mol. The summed E-state index contributed by atoms with van der Waals surface area (Å²) in [5.41, 5.74) is 0. The lowest BCUT2D eigenvalue weighted by Gasteiger charge is -2.27. The molecule has 1 rings (SSSR count). The molecule has 2 atom stereocenters. The number of esters is 1. The van der Waals surface area contributed by atoms with Crippen LogP contribution in [-0.2, 0) is 14.3 Å². The van der Waals surface area contributed by atoms with Gasteiger partial charge in [0.25, 0.3) is 0 Å². The molecule has 0 bridgehead atoms. The van der Waals surface area contributed by atoms with Crippen LogP contribution in [0.25, 0.3) is 0 Å². The van der Waals surface area contributed by atoms with Crippen molar-refractivity contribution in [2.24, 2.45) is 5.92 Å². The Hall–Kier alpha value is -1.06. The van der Waals surface area contributed by atoms with Crippen molar-refractivity contribution in [1.82, 2.24) is 4.90 Å².